The number of carbonyl (C=O) groups is 1. The molecule has 0 unspecified atom stereocenters. The Morgan fingerprint density at radius 3 is 1.65 bits per heavy atom. The minimum absolute atomic E-state index is 0.0381. The molecular weight excluding hydrogens is 496 g/mol. The number of aryl methyl sites for hydroxylation is 1. The molecule has 26 heavy (non-hydrogen) atoms. The van der Waals surface area contributed by atoms with Crippen LogP contribution in [-0.2, 0) is 4.79 Å². The van der Waals surface area contributed by atoms with Crippen molar-refractivity contribution in [3.63, 3.8) is 0 Å². The summed E-state index contributed by atoms with van der Waals surface area (Å²) < 4.78 is 67.3. The van der Waals surface area contributed by atoms with Crippen LogP contribution in [0.1, 0.15) is 12.5 Å². The fourth-order valence-corrected chi connectivity index (χ4v) is 3.66. The first-order valence-electron chi connectivity index (χ1n) is 7.09. The second-order valence-corrected chi connectivity index (χ2v) is 10.2. The van der Waals surface area contributed by atoms with Crippen molar-refractivity contribution in [2.75, 3.05) is 6.61 Å². The van der Waals surface area contributed by atoms with E-state index in [0.717, 1.165) is 5.75 Å². The van der Waals surface area contributed by atoms with Crippen LogP contribution in [-0.4, -0.2) is 12.4 Å². The van der Waals surface area contributed by atoms with Crippen molar-refractivity contribution >= 4 is 13.6 Å². The van der Waals surface area contributed by atoms with Crippen LogP contribution < -0.4 is 25.9 Å². The average Bonchev–Trinajstić information content (AvgIpc) is 2.46. The van der Waals surface area contributed by atoms with Crippen LogP contribution in [0.5, 0.6) is 5.75 Å². The molecule has 0 amide bonds. The number of Topliss-reactive ketones (excluding diaryl/α,β-unsaturated/α-hetero) is 1. The Labute approximate surface area is 157 Å². The van der Waals surface area contributed by atoms with Crippen molar-refractivity contribution in [3.05, 3.63) is 61.2 Å². The van der Waals surface area contributed by atoms with Crippen molar-refractivity contribution in [2.45, 2.75) is 13.8 Å². The molecule has 0 heterocycles. The number of hydrogen-bond donors (Lipinski definition) is 0. The van der Waals surface area contributed by atoms with Crippen LogP contribution in [0.15, 0.2) is 48.5 Å². The zero-order valence-electron chi connectivity index (χ0n) is 13.7. The number of halogens is 7. The first kappa shape index (κ1) is 22.7. The van der Waals surface area contributed by atoms with E-state index in [1.807, 2.05) is 12.1 Å². The van der Waals surface area contributed by atoms with E-state index in [-0.39, 0.29) is 33.6 Å². The standard InChI is InChI=1S/C16H16IO2.F6P/c1-12-3-5-14(6-4-12)17-15-7-9-16(10-8-15)19-11-13(2)18;1-7(2,3,4,5)6/h3-10H,11H2,1-2H3;/q+1;-1. The van der Waals surface area contributed by atoms with Crippen LogP contribution in [0.2, 0.25) is 0 Å². The number of ether oxygens (including phenoxy) is 1. The van der Waals surface area contributed by atoms with Gasteiger partial charge in [0.15, 0.2) is 12.9 Å². The Morgan fingerprint density at radius 2 is 1.27 bits per heavy atom. The fraction of sp³-hybridized carbons (Fsp3) is 0.188. The predicted octanol–water partition coefficient (Wildman–Crippen LogP) is 3.47. The van der Waals surface area contributed by atoms with Crippen LogP contribution in [0.3, 0.4) is 0 Å². The van der Waals surface area contributed by atoms with Crippen LogP contribution >= 0.6 is 7.81 Å². The molecule has 2 nitrogen and oxygen atoms in total. The molecule has 0 bridgehead atoms. The topological polar surface area (TPSA) is 26.3 Å². The number of carbonyl (C=O) groups excluding carboxylic acids is 1. The Bertz CT molecular complexity index is 732. The predicted molar refractivity (Wildman–Crippen MR) is 84.8 cm³/mol. The Morgan fingerprint density at radius 1 is 0.885 bits per heavy atom. The second-order valence-electron chi connectivity index (χ2n) is 5.29. The van der Waals surface area contributed by atoms with E-state index < -0.39 is 7.81 Å². The van der Waals surface area contributed by atoms with Gasteiger partial charge in [-0.3, -0.25) is 4.79 Å². The van der Waals surface area contributed by atoms with E-state index in [1.165, 1.54) is 19.6 Å². The van der Waals surface area contributed by atoms with Gasteiger partial charge in [0.2, 0.25) is 0 Å². The quantitative estimate of drug-likeness (QED) is 0.349. The molecule has 0 radical (unpaired) electrons. The number of hydrogen-bond acceptors (Lipinski definition) is 2. The molecule has 0 aromatic heterocycles. The van der Waals surface area contributed by atoms with Gasteiger partial charge < -0.3 is 4.74 Å². The van der Waals surface area contributed by atoms with Crippen molar-refractivity contribution in [3.8, 4) is 5.75 Å². The summed E-state index contributed by atoms with van der Waals surface area (Å²) in [5, 5.41) is 0. The summed E-state index contributed by atoms with van der Waals surface area (Å²) in [7, 11) is -10.7. The molecule has 0 saturated carbocycles. The zero-order valence-corrected chi connectivity index (χ0v) is 16.8. The summed E-state index contributed by atoms with van der Waals surface area (Å²) >= 11 is -0.142. The van der Waals surface area contributed by atoms with Gasteiger partial charge in [-0.05, 0) is 50.2 Å². The molecule has 0 fully saturated rings. The molecule has 2 aromatic rings. The summed E-state index contributed by atoms with van der Waals surface area (Å²) in [6.45, 7) is 3.77. The van der Waals surface area contributed by atoms with Gasteiger partial charge in [-0.15, -0.1) is 0 Å². The number of rotatable bonds is 5. The summed E-state index contributed by atoms with van der Waals surface area (Å²) in [5.41, 5.74) is 1.29. The van der Waals surface area contributed by atoms with Gasteiger partial charge in [-0.25, -0.2) is 0 Å². The summed E-state index contributed by atoms with van der Waals surface area (Å²) in [4.78, 5) is 10.8. The Hall–Kier alpha value is -1.35. The molecule has 0 aliphatic heterocycles. The van der Waals surface area contributed by atoms with Gasteiger partial charge in [0.05, 0.1) is 0 Å². The van der Waals surface area contributed by atoms with Gasteiger partial charge >= 0.3 is 54.2 Å². The van der Waals surface area contributed by atoms with E-state index in [1.54, 1.807) is 0 Å². The second kappa shape index (κ2) is 7.72. The van der Waals surface area contributed by atoms with Gasteiger partial charge in [0.25, 0.3) is 0 Å². The molecule has 0 N–H and O–H groups in total. The van der Waals surface area contributed by atoms with Gasteiger partial charge in [0.1, 0.15) is 12.4 Å². The fourth-order valence-electron chi connectivity index (χ4n) is 1.50. The van der Waals surface area contributed by atoms with Crippen molar-refractivity contribution in [1.82, 2.24) is 0 Å². The van der Waals surface area contributed by atoms with Gasteiger partial charge in [-0.1, -0.05) is 17.7 Å². The maximum absolute atomic E-state index is 10.8. The van der Waals surface area contributed by atoms with Crippen molar-refractivity contribution in [1.29, 1.82) is 0 Å². The van der Waals surface area contributed by atoms with Gasteiger partial charge in [0, 0.05) is 0 Å². The molecule has 146 valence electrons. The van der Waals surface area contributed by atoms with Crippen molar-refractivity contribution < 1.29 is 55.9 Å². The van der Waals surface area contributed by atoms with Crippen molar-refractivity contribution in [2.24, 2.45) is 0 Å². The summed E-state index contributed by atoms with van der Waals surface area (Å²) in [6, 6.07) is 16.7. The SMILES string of the molecule is CC(=O)COc1ccc([I+]c2ccc(C)cc2)cc1.F[P-](F)(F)(F)(F)F. The van der Waals surface area contributed by atoms with E-state index in [2.05, 4.69) is 43.3 Å². The molecule has 0 aliphatic carbocycles. The third-order valence-electron chi connectivity index (χ3n) is 2.48. The molecule has 0 saturated heterocycles. The third kappa shape index (κ3) is 13.9. The number of benzene rings is 2. The van der Waals surface area contributed by atoms with Crippen LogP contribution in [0.25, 0.3) is 0 Å². The molecule has 10 heteroatoms. The molecule has 2 rings (SSSR count). The average molecular weight is 512 g/mol. The van der Waals surface area contributed by atoms with E-state index in [4.69, 9.17) is 4.74 Å². The monoisotopic (exact) mass is 512 g/mol. The van der Waals surface area contributed by atoms with E-state index >= 15 is 0 Å². The minimum atomic E-state index is -10.7. The molecule has 2 aromatic carbocycles. The third-order valence-corrected chi connectivity index (χ3v) is 5.17. The summed E-state index contributed by atoms with van der Waals surface area (Å²) in [6.07, 6.45) is 0. The van der Waals surface area contributed by atoms with Gasteiger partial charge in [-0.2, -0.15) is 0 Å². The Kier molecular flexibility index (Phi) is 6.74. The maximum atomic E-state index is 10.8. The first-order chi connectivity index (χ1) is 11.6. The Balaban J connectivity index is 0.000000412. The first-order valence-corrected chi connectivity index (χ1v) is 11.3. The molecule has 0 spiro atoms. The van der Waals surface area contributed by atoms with Crippen LogP contribution in [0.4, 0.5) is 25.2 Å². The molecular formula is C16H16F6IO2P. The summed E-state index contributed by atoms with van der Waals surface area (Å²) in [5.74, 6) is 0.794. The number of ketones is 1. The van der Waals surface area contributed by atoms with E-state index in [9.17, 15) is 30.0 Å². The van der Waals surface area contributed by atoms with Crippen LogP contribution in [0, 0.1) is 14.1 Å². The molecule has 0 atom stereocenters. The normalized spacial score (nSPS) is 13.7. The molecule has 0 aliphatic rings. The van der Waals surface area contributed by atoms with E-state index in [0.29, 0.717) is 0 Å². The zero-order chi connectivity index (χ0) is 20.1.